The monoisotopic (exact) mass is 344 g/mol. The van der Waals surface area contributed by atoms with Crippen molar-refractivity contribution in [2.45, 2.75) is 39.0 Å². The van der Waals surface area contributed by atoms with Crippen LogP contribution in [0.1, 0.15) is 32.8 Å². The lowest BCUT2D eigenvalue weighted by atomic mass is 10.1. The molecule has 0 radical (unpaired) electrons. The Morgan fingerprint density at radius 2 is 2.04 bits per heavy atom. The van der Waals surface area contributed by atoms with Gasteiger partial charge in [-0.3, -0.25) is 0 Å². The Kier molecular flexibility index (Phi) is 5.30. The summed E-state index contributed by atoms with van der Waals surface area (Å²) in [6.07, 6.45) is -3.90. The number of ether oxygens (including phenoxy) is 1. The van der Waals surface area contributed by atoms with E-state index in [1.165, 1.54) is 6.07 Å². The molecule has 1 fully saturated rings. The molecule has 1 saturated heterocycles. The van der Waals surface area contributed by atoms with Crippen molar-refractivity contribution >= 4 is 11.8 Å². The normalized spacial score (nSPS) is 18.6. The third kappa shape index (κ3) is 5.32. The third-order valence-electron chi connectivity index (χ3n) is 3.72. The van der Waals surface area contributed by atoms with Gasteiger partial charge in [-0.1, -0.05) is 6.07 Å². The molecule has 24 heavy (non-hydrogen) atoms. The minimum absolute atomic E-state index is 0.187. The van der Waals surface area contributed by atoms with Crippen LogP contribution in [0.25, 0.3) is 0 Å². The number of alkyl halides is 3. The van der Waals surface area contributed by atoms with E-state index in [-0.39, 0.29) is 12.0 Å². The molecule has 1 aromatic carbocycles. The molecule has 1 aliphatic heterocycles. The van der Waals surface area contributed by atoms with E-state index in [4.69, 9.17) is 4.74 Å². The standard InChI is InChI=1S/C17H23F3N2O2/c1-16(2,3)24-15(23)22-8-7-12(11-22)10-21-14-6-4-5-13(9-14)17(18,19)20/h4-6,9,12,21H,7-8,10-11H2,1-3H3/t12-/m1/s1. The van der Waals surface area contributed by atoms with Crippen LogP contribution in [0.5, 0.6) is 0 Å². The number of hydrogen-bond donors (Lipinski definition) is 1. The average molecular weight is 344 g/mol. The van der Waals surface area contributed by atoms with Gasteiger partial charge in [-0.2, -0.15) is 13.2 Å². The summed E-state index contributed by atoms with van der Waals surface area (Å²) in [6, 6.07) is 5.13. The zero-order chi connectivity index (χ0) is 18.0. The van der Waals surface area contributed by atoms with Crippen molar-refractivity contribution in [2.24, 2.45) is 5.92 Å². The maximum atomic E-state index is 12.7. The maximum absolute atomic E-state index is 12.7. The summed E-state index contributed by atoms with van der Waals surface area (Å²) >= 11 is 0. The second-order valence-corrected chi connectivity index (χ2v) is 7.04. The molecule has 0 aromatic heterocycles. The third-order valence-corrected chi connectivity index (χ3v) is 3.72. The SMILES string of the molecule is CC(C)(C)OC(=O)N1CC[C@H](CNc2cccc(C(F)(F)F)c2)C1. The lowest BCUT2D eigenvalue weighted by Crippen LogP contribution is -2.35. The molecule has 1 aliphatic rings. The van der Waals surface area contributed by atoms with Crippen LogP contribution in [0.15, 0.2) is 24.3 Å². The largest absolute Gasteiger partial charge is 0.444 e. The number of carbonyl (C=O) groups excluding carboxylic acids is 1. The van der Waals surface area contributed by atoms with Crippen molar-refractivity contribution in [3.8, 4) is 0 Å². The van der Waals surface area contributed by atoms with Gasteiger partial charge >= 0.3 is 12.3 Å². The summed E-state index contributed by atoms with van der Waals surface area (Å²) in [5.74, 6) is 0.187. The lowest BCUT2D eigenvalue weighted by Gasteiger charge is -2.24. The summed E-state index contributed by atoms with van der Waals surface area (Å²) in [6.45, 7) is 7.10. The molecule has 134 valence electrons. The fourth-order valence-electron chi connectivity index (χ4n) is 2.56. The number of nitrogens with one attached hydrogen (secondary N) is 1. The maximum Gasteiger partial charge on any atom is 0.416 e. The number of amides is 1. The molecular formula is C17H23F3N2O2. The second kappa shape index (κ2) is 6.91. The highest BCUT2D eigenvalue weighted by Crippen LogP contribution is 2.30. The number of benzene rings is 1. The van der Waals surface area contributed by atoms with Gasteiger partial charge in [-0.05, 0) is 51.3 Å². The van der Waals surface area contributed by atoms with Gasteiger partial charge < -0.3 is 15.0 Å². The van der Waals surface area contributed by atoms with Crippen molar-refractivity contribution in [1.29, 1.82) is 0 Å². The number of nitrogens with zero attached hydrogens (tertiary/aromatic N) is 1. The number of carbonyl (C=O) groups is 1. The van der Waals surface area contributed by atoms with E-state index in [0.717, 1.165) is 18.6 Å². The van der Waals surface area contributed by atoms with Crippen LogP contribution in [0.2, 0.25) is 0 Å². The first kappa shape index (κ1) is 18.4. The van der Waals surface area contributed by atoms with Crippen molar-refractivity contribution in [1.82, 2.24) is 4.90 Å². The first-order valence-electron chi connectivity index (χ1n) is 7.94. The summed E-state index contributed by atoms with van der Waals surface area (Å²) < 4.78 is 43.4. The molecule has 1 atom stereocenters. The van der Waals surface area contributed by atoms with Crippen LogP contribution < -0.4 is 5.32 Å². The molecule has 0 unspecified atom stereocenters. The lowest BCUT2D eigenvalue weighted by molar-refractivity contribution is -0.137. The van der Waals surface area contributed by atoms with E-state index in [1.54, 1.807) is 11.0 Å². The van der Waals surface area contributed by atoms with Gasteiger partial charge in [0.15, 0.2) is 0 Å². The summed E-state index contributed by atoms with van der Waals surface area (Å²) in [7, 11) is 0. The number of anilines is 1. The van der Waals surface area contributed by atoms with Crippen LogP contribution in [-0.2, 0) is 10.9 Å². The summed E-state index contributed by atoms with van der Waals surface area (Å²) in [5.41, 5.74) is -0.777. The highest BCUT2D eigenvalue weighted by Gasteiger charge is 2.31. The second-order valence-electron chi connectivity index (χ2n) is 7.04. The van der Waals surface area contributed by atoms with E-state index >= 15 is 0 Å². The van der Waals surface area contributed by atoms with Gasteiger partial charge in [0.1, 0.15) is 5.60 Å². The molecule has 4 nitrogen and oxygen atoms in total. The number of halogens is 3. The fourth-order valence-corrected chi connectivity index (χ4v) is 2.56. The van der Waals surface area contributed by atoms with Gasteiger partial charge in [-0.25, -0.2) is 4.79 Å². The molecule has 0 saturated carbocycles. The first-order chi connectivity index (χ1) is 11.0. The Morgan fingerprint density at radius 1 is 1.33 bits per heavy atom. The van der Waals surface area contributed by atoms with Crippen molar-refractivity contribution in [2.75, 3.05) is 25.0 Å². The van der Waals surface area contributed by atoms with Gasteiger partial charge in [0, 0.05) is 25.3 Å². The molecule has 1 amide bonds. The zero-order valence-corrected chi connectivity index (χ0v) is 14.1. The first-order valence-corrected chi connectivity index (χ1v) is 7.94. The van der Waals surface area contributed by atoms with Crippen LogP contribution in [0.3, 0.4) is 0 Å². The quantitative estimate of drug-likeness (QED) is 0.885. The molecule has 0 aliphatic carbocycles. The molecule has 2 rings (SSSR count). The van der Waals surface area contributed by atoms with E-state index in [1.807, 2.05) is 20.8 Å². The van der Waals surface area contributed by atoms with E-state index in [9.17, 15) is 18.0 Å². The topological polar surface area (TPSA) is 41.6 Å². The minimum atomic E-state index is -4.35. The molecule has 0 bridgehead atoms. The van der Waals surface area contributed by atoms with Gasteiger partial charge in [0.05, 0.1) is 5.56 Å². The highest BCUT2D eigenvalue weighted by atomic mass is 19.4. The summed E-state index contributed by atoms with van der Waals surface area (Å²) in [5, 5.41) is 3.03. The Bertz CT molecular complexity index is 582. The molecule has 1 aromatic rings. The van der Waals surface area contributed by atoms with Crippen LogP contribution in [0, 0.1) is 5.92 Å². The summed E-state index contributed by atoms with van der Waals surface area (Å²) in [4.78, 5) is 13.6. The van der Waals surface area contributed by atoms with Crippen molar-refractivity contribution in [3.05, 3.63) is 29.8 Å². The number of rotatable bonds is 3. The van der Waals surface area contributed by atoms with E-state index in [2.05, 4.69) is 5.32 Å². The molecule has 0 spiro atoms. The van der Waals surface area contributed by atoms with Gasteiger partial charge in [-0.15, -0.1) is 0 Å². The number of likely N-dealkylation sites (tertiary alicyclic amines) is 1. The Labute approximate surface area is 140 Å². The highest BCUT2D eigenvalue weighted by molar-refractivity contribution is 5.68. The zero-order valence-electron chi connectivity index (χ0n) is 14.1. The molecule has 1 N–H and O–H groups in total. The average Bonchev–Trinajstić information content (AvgIpc) is 2.92. The predicted octanol–water partition coefficient (Wildman–Crippen LogP) is 4.37. The fraction of sp³-hybridized carbons (Fsp3) is 0.588. The Balaban J connectivity index is 1.85. The Morgan fingerprint density at radius 3 is 2.67 bits per heavy atom. The predicted molar refractivity (Wildman–Crippen MR) is 85.8 cm³/mol. The van der Waals surface area contributed by atoms with Crippen LogP contribution in [-0.4, -0.2) is 36.2 Å². The number of hydrogen-bond acceptors (Lipinski definition) is 3. The van der Waals surface area contributed by atoms with E-state index in [0.29, 0.717) is 25.3 Å². The molecular weight excluding hydrogens is 321 g/mol. The smallest absolute Gasteiger partial charge is 0.416 e. The van der Waals surface area contributed by atoms with Crippen LogP contribution >= 0.6 is 0 Å². The Hall–Kier alpha value is -1.92. The van der Waals surface area contributed by atoms with Crippen molar-refractivity contribution in [3.63, 3.8) is 0 Å². The molecule has 7 heteroatoms. The minimum Gasteiger partial charge on any atom is -0.444 e. The van der Waals surface area contributed by atoms with E-state index < -0.39 is 17.3 Å². The van der Waals surface area contributed by atoms with Crippen molar-refractivity contribution < 1.29 is 22.7 Å². The van der Waals surface area contributed by atoms with Gasteiger partial charge in [0.2, 0.25) is 0 Å². The van der Waals surface area contributed by atoms with Gasteiger partial charge in [0.25, 0.3) is 0 Å². The molecule has 1 heterocycles. The van der Waals surface area contributed by atoms with Crippen LogP contribution in [0.4, 0.5) is 23.7 Å².